The van der Waals surface area contributed by atoms with Gasteiger partial charge in [-0.25, -0.2) is 0 Å². The van der Waals surface area contributed by atoms with Crippen molar-refractivity contribution in [3.05, 3.63) is 37.8 Å². The van der Waals surface area contributed by atoms with E-state index in [1.54, 1.807) is 0 Å². The standard InChI is InChI=1S/C11H11N3O4/c1-7-9(4-3-5-12-8(2)15)6-13-11(16)10(7)14(17)18/h6H,5H2,1-2H3,(H,12,15)(H,13,16). The molecule has 18 heavy (non-hydrogen) atoms. The first-order chi connectivity index (χ1) is 8.43. The summed E-state index contributed by atoms with van der Waals surface area (Å²) in [4.78, 5) is 34.0. The van der Waals surface area contributed by atoms with Crippen LogP contribution in [0.2, 0.25) is 0 Å². The molecule has 0 spiro atoms. The molecule has 0 unspecified atom stereocenters. The van der Waals surface area contributed by atoms with E-state index in [9.17, 15) is 19.7 Å². The quantitative estimate of drug-likeness (QED) is 0.440. The molecule has 0 aliphatic heterocycles. The molecule has 7 heteroatoms. The molecule has 0 bridgehead atoms. The Morgan fingerprint density at radius 2 is 2.28 bits per heavy atom. The van der Waals surface area contributed by atoms with E-state index in [2.05, 4.69) is 22.1 Å². The van der Waals surface area contributed by atoms with Crippen molar-refractivity contribution in [2.45, 2.75) is 13.8 Å². The van der Waals surface area contributed by atoms with Gasteiger partial charge < -0.3 is 10.3 Å². The third-order valence-corrected chi connectivity index (χ3v) is 2.15. The molecule has 0 fully saturated rings. The van der Waals surface area contributed by atoms with Crippen molar-refractivity contribution >= 4 is 11.6 Å². The van der Waals surface area contributed by atoms with E-state index in [-0.39, 0.29) is 18.0 Å². The van der Waals surface area contributed by atoms with Gasteiger partial charge in [0.1, 0.15) is 0 Å². The number of H-pyrrole nitrogens is 1. The summed E-state index contributed by atoms with van der Waals surface area (Å²) < 4.78 is 0. The van der Waals surface area contributed by atoms with Gasteiger partial charge in [0, 0.05) is 18.7 Å². The molecule has 7 nitrogen and oxygen atoms in total. The highest BCUT2D eigenvalue weighted by molar-refractivity contribution is 5.73. The van der Waals surface area contributed by atoms with Crippen molar-refractivity contribution in [2.75, 3.05) is 6.54 Å². The Balaban J connectivity index is 3.05. The lowest BCUT2D eigenvalue weighted by atomic mass is 10.1. The Morgan fingerprint density at radius 1 is 1.61 bits per heavy atom. The van der Waals surface area contributed by atoms with Crippen molar-refractivity contribution in [2.24, 2.45) is 0 Å². The number of pyridine rings is 1. The third-order valence-electron chi connectivity index (χ3n) is 2.15. The number of hydrogen-bond acceptors (Lipinski definition) is 4. The maximum Gasteiger partial charge on any atom is 0.337 e. The molecule has 1 amide bonds. The first kappa shape index (κ1) is 13.4. The molecule has 1 rings (SSSR count). The molecule has 0 atom stereocenters. The smallest absolute Gasteiger partial charge is 0.337 e. The number of aromatic nitrogens is 1. The van der Waals surface area contributed by atoms with Crippen molar-refractivity contribution in [3.63, 3.8) is 0 Å². The van der Waals surface area contributed by atoms with E-state index in [0.29, 0.717) is 5.56 Å². The van der Waals surface area contributed by atoms with Gasteiger partial charge in [-0.15, -0.1) is 0 Å². The lowest BCUT2D eigenvalue weighted by Crippen LogP contribution is -2.19. The molecule has 0 radical (unpaired) electrons. The minimum atomic E-state index is -0.759. The van der Waals surface area contributed by atoms with Crippen LogP contribution in [0.25, 0.3) is 0 Å². The van der Waals surface area contributed by atoms with E-state index in [1.165, 1.54) is 20.0 Å². The molecule has 0 aromatic carbocycles. The molecule has 1 aromatic heterocycles. The van der Waals surface area contributed by atoms with Gasteiger partial charge in [0.25, 0.3) is 0 Å². The van der Waals surface area contributed by atoms with Gasteiger partial charge in [-0.2, -0.15) is 0 Å². The number of hydrogen-bond donors (Lipinski definition) is 2. The van der Waals surface area contributed by atoms with Crippen molar-refractivity contribution in [1.29, 1.82) is 0 Å². The number of rotatable bonds is 2. The lowest BCUT2D eigenvalue weighted by Gasteiger charge is -1.98. The molecule has 1 heterocycles. The zero-order valence-electron chi connectivity index (χ0n) is 9.86. The zero-order valence-corrected chi connectivity index (χ0v) is 9.86. The Kier molecular flexibility index (Phi) is 4.21. The summed E-state index contributed by atoms with van der Waals surface area (Å²) >= 11 is 0. The normalized spacial score (nSPS) is 9.22. The van der Waals surface area contributed by atoms with E-state index in [1.807, 2.05) is 0 Å². The van der Waals surface area contributed by atoms with Gasteiger partial charge in [-0.1, -0.05) is 11.8 Å². The van der Waals surface area contributed by atoms with E-state index < -0.39 is 16.2 Å². The number of carbonyl (C=O) groups is 1. The van der Waals surface area contributed by atoms with Gasteiger partial charge >= 0.3 is 11.2 Å². The molecule has 0 aliphatic carbocycles. The summed E-state index contributed by atoms with van der Waals surface area (Å²) in [5.74, 6) is 5.07. The Labute approximate surface area is 102 Å². The second-order valence-corrected chi connectivity index (χ2v) is 3.47. The molecule has 2 N–H and O–H groups in total. The Morgan fingerprint density at radius 3 is 2.83 bits per heavy atom. The Bertz CT molecular complexity index is 607. The largest absolute Gasteiger partial charge is 0.345 e. The number of nitrogens with zero attached hydrogens (tertiary/aromatic N) is 1. The average Bonchev–Trinajstić information content (AvgIpc) is 2.26. The van der Waals surface area contributed by atoms with E-state index >= 15 is 0 Å². The summed E-state index contributed by atoms with van der Waals surface area (Å²) in [6.07, 6.45) is 1.31. The van der Waals surface area contributed by atoms with Crippen LogP contribution in [-0.2, 0) is 4.79 Å². The first-order valence-electron chi connectivity index (χ1n) is 5.03. The fourth-order valence-corrected chi connectivity index (χ4v) is 1.27. The fraction of sp³-hybridized carbons (Fsp3) is 0.273. The molecule has 0 saturated heterocycles. The number of amides is 1. The highest BCUT2D eigenvalue weighted by atomic mass is 16.6. The molecule has 94 valence electrons. The van der Waals surface area contributed by atoms with Crippen LogP contribution in [-0.4, -0.2) is 22.4 Å². The van der Waals surface area contributed by atoms with Gasteiger partial charge in [-0.05, 0) is 6.92 Å². The summed E-state index contributed by atoms with van der Waals surface area (Å²) in [6.45, 7) is 2.95. The van der Waals surface area contributed by atoms with Crippen LogP contribution >= 0.6 is 0 Å². The van der Waals surface area contributed by atoms with Crippen molar-refractivity contribution in [3.8, 4) is 11.8 Å². The predicted octanol–water partition coefficient (Wildman–Crippen LogP) is 0.0791. The van der Waals surface area contributed by atoms with Gasteiger partial charge in [0.15, 0.2) is 0 Å². The van der Waals surface area contributed by atoms with E-state index in [4.69, 9.17) is 0 Å². The topological polar surface area (TPSA) is 105 Å². The van der Waals surface area contributed by atoms with Crippen molar-refractivity contribution in [1.82, 2.24) is 10.3 Å². The molecular formula is C11H11N3O4. The average molecular weight is 249 g/mol. The minimum Gasteiger partial charge on any atom is -0.345 e. The summed E-state index contributed by atoms with van der Waals surface area (Å²) in [7, 11) is 0. The van der Waals surface area contributed by atoms with Crippen molar-refractivity contribution < 1.29 is 9.72 Å². The van der Waals surface area contributed by atoms with Crippen LogP contribution in [0.5, 0.6) is 0 Å². The molecular weight excluding hydrogens is 238 g/mol. The zero-order chi connectivity index (χ0) is 13.7. The predicted molar refractivity (Wildman–Crippen MR) is 64.0 cm³/mol. The number of nitrogens with one attached hydrogen (secondary N) is 2. The van der Waals surface area contributed by atoms with Crippen LogP contribution in [0.4, 0.5) is 5.69 Å². The third kappa shape index (κ3) is 3.18. The lowest BCUT2D eigenvalue weighted by molar-refractivity contribution is -0.386. The monoisotopic (exact) mass is 249 g/mol. The van der Waals surface area contributed by atoms with Gasteiger partial charge in [0.05, 0.1) is 17.0 Å². The highest BCUT2D eigenvalue weighted by Crippen LogP contribution is 2.14. The summed E-state index contributed by atoms with van der Waals surface area (Å²) in [5, 5.41) is 13.2. The maximum absolute atomic E-state index is 11.3. The number of aromatic amines is 1. The van der Waals surface area contributed by atoms with Gasteiger partial charge in [0.2, 0.25) is 5.91 Å². The molecule has 0 aliphatic rings. The van der Waals surface area contributed by atoms with Crippen LogP contribution in [0.1, 0.15) is 18.1 Å². The first-order valence-corrected chi connectivity index (χ1v) is 5.03. The fourth-order valence-electron chi connectivity index (χ4n) is 1.27. The summed E-state index contributed by atoms with van der Waals surface area (Å²) in [6, 6.07) is 0. The second-order valence-electron chi connectivity index (χ2n) is 3.47. The number of nitro groups is 1. The molecule has 1 aromatic rings. The maximum atomic E-state index is 11.3. The van der Waals surface area contributed by atoms with Crippen LogP contribution in [0.3, 0.4) is 0 Å². The van der Waals surface area contributed by atoms with Gasteiger partial charge in [-0.3, -0.25) is 19.7 Å². The van der Waals surface area contributed by atoms with E-state index in [0.717, 1.165) is 0 Å². The van der Waals surface area contributed by atoms with Crippen LogP contribution in [0, 0.1) is 28.9 Å². The second kappa shape index (κ2) is 5.63. The number of carbonyl (C=O) groups excluding carboxylic acids is 1. The Hall–Kier alpha value is -2.62. The summed E-state index contributed by atoms with van der Waals surface area (Å²) in [5.41, 5.74) is -0.711. The highest BCUT2D eigenvalue weighted by Gasteiger charge is 2.18. The minimum absolute atomic E-state index is 0.141. The molecule has 0 saturated carbocycles. The van der Waals surface area contributed by atoms with Crippen LogP contribution < -0.4 is 10.9 Å². The SMILES string of the molecule is CC(=O)NCC#Cc1c[nH]c(=O)c([N+](=O)[O-])c1C. The van der Waals surface area contributed by atoms with Crippen LogP contribution in [0.15, 0.2) is 11.0 Å².